The Morgan fingerprint density at radius 3 is 2.40 bits per heavy atom. The third-order valence-electron chi connectivity index (χ3n) is 2.75. The maximum atomic E-state index is 7.49. The molecule has 2 aromatic rings. The van der Waals surface area contributed by atoms with Crippen LogP contribution in [0, 0.1) is 5.41 Å². The summed E-state index contributed by atoms with van der Waals surface area (Å²) >= 11 is 3.39. The lowest BCUT2D eigenvalue weighted by Gasteiger charge is -2.10. The molecule has 104 valence electrons. The van der Waals surface area contributed by atoms with Gasteiger partial charge in [0, 0.05) is 16.1 Å². The Kier molecular flexibility index (Phi) is 4.63. The largest absolute Gasteiger partial charge is 0.497 e. The van der Waals surface area contributed by atoms with Gasteiger partial charge in [-0.3, -0.25) is 5.41 Å². The standard InChI is InChI=1S/C15H15BrN2O2/c1-19-13-6-11(15(17)18)7-14(8-13)20-9-10-2-4-12(16)5-3-10/h2-8H,9H2,1H3,(H3,17,18). The molecular formula is C15H15BrN2O2. The Bertz CT molecular complexity index is 612. The van der Waals surface area contributed by atoms with E-state index in [9.17, 15) is 0 Å². The van der Waals surface area contributed by atoms with Crippen LogP contribution in [0.3, 0.4) is 0 Å². The number of nitrogen functional groups attached to an aromatic ring is 1. The van der Waals surface area contributed by atoms with Crippen molar-refractivity contribution in [2.75, 3.05) is 7.11 Å². The second-order valence-electron chi connectivity index (χ2n) is 4.23. The van der Waals surface area contributed by atoms with E-state index >= 15 is 0 Å². The van der Waals surface area contributed by atoms with Gasteiger partial charge in [-0.1, -0.05) is 28.1 Å². The van der Waals surface area contributed by atoms with Gasteiger partial charge in [0.1, 0.15) is 23.9 Å². The molecule has 0 unspecified atom stereocenters. The average molecular weight is 335 g/mol. The summed E-state index contributed by atoms with van der Waals surface area (Å²) in [4.78, 5) is 0. The zero-order valence-electron chi connectivity index (χ0n) is 11.0. The summed E-state index contributed by atoms with van der Waals surface area (Å²) in [5, 5.41) is 7.49. The van der Waals surface area contributed by atoms with E-state index in [2.05, 4.69) is 15.9 Å². The Morgan fingerprint density at radius 2 is 1.80 bits per heavy atom. The molecule has 0 amide bonds. The first-order valence-corrected chi connectivity index (χ1v) is 6.78. The van der Waals surface area contributed by atoms with Gasteiger partial charge >= 0.3 is 0 Å². The SMILES string of the molecule is COc1cc(OCc2ccc(Br)cc2)cc(C(=N)N)c1. The Hall–Kier alpha value is -2.01. The number of rotatable bonds is 5. The van der Waals surface area contributed by atoms with Crippen LogP contribution in [-0.4, -0.2) is 12.9 Å². The number of ether oxygens (including phenoxy) is 2. The number of halogens is 1. The minimum absolute atomic E-state index is 0.0163. The first kappa shape index (κ1) is 14.4. The molecule has 0 aliphatic heterocycles. The summed E-state index contributed by atoms with van der Waals surface area (Å²) in [6, 6.07) is 13.1. The number of hydrogen-bond donors (Lipinski definition) is 2. The Morgan fingerprint density at radius 1 is 1.15 bits per heavy atom. The molecule has 0 saturated heterocycles. The number of methoxy groups -OCH3 is 1. The normalized spacial score (nSPS) is 10.1. The Balaban J connectivity index is 2.14. The van der Waals surface area contributed by atoms with Gasteiger partial charge in [0.2, 0.25) is 0 Å². The van der Waals surface area contributed by atoms with Crippen molar-refractivity contribution in [3.63, 3.8) is 0 Å². The predicted molar refractivity (Wildman–Crippen MR) is 82.5 cm³/mol. The van der Waals surface area contributed by atoms with E-state index in [0.717, 1.165) is 10.0 Å². The van der Waals surface area contributed by atoms with Crippen LogP contribution in [0.25, 0.3) is 0 Å². The summed E-state index contributed by atoms with van der Waals surface area (Å²) in [5.41, 5.74) is 7.13. The molecule has 0 spiro atoms. The molecule has 0 radical (unpaired) electrons. The third-order valence-corrected chi connectivity index (χ3v) is 3.27. The van der Waals surface area contributed by atoms with Crippen LogP contribution >= 0.6 is 15.9 Å². The zero-order chi connectivity index (χ0) is 14.5. The number of nitrogens with one attached hydrogen (secondary N) is 1. The van der Waals surface area contributed by atoms with Crippen LogP contribution in [0.15, 0.2) is 46.9 Å². The van der Waals surface area contributed by atoms with E-state index in [1.807, 2.05) is 24.3 Å². The smallest absolute Gasteiger partial charge is 0.124 e. The van der Waals surface area contributed by atoms with Crippen LogP contribution in [-0.2, 0) is 6.61 Å². The van der Waals surface area contributed by atoms with Gasteiger partial charge in [0.05, 0.1) is 7.11 Å². The van der Waals surface area contributed by atoms with E-state index in [1.54, 1.807) is 25.3 Å². The Labute approximate surface area is 126 Å². The summed E-state index contributed by atoms with van der Waals surface area (Å²) < 4.78 is 11.9. The minimum atomic E-state index is -0.0163. The van der Waals surface area contributed by atoms with Crippen LogP contribution < -0.4 is 15.2 Å². The molecule has 0 aliphatic rings. The van der Waals surface area contributed by atoms with Gasteiger partial charge in [0.15, 0.2) is 0 Å². The van der Waals surface area contributed by atoms with Gasteiger partial charge in [0.25, 0.3) is 0 Å². The van der Waals surface area contributed by atoms with E-state index in [1.165, 1.54) is 0 Å². The number of hydrogen-bond acceptors (Lipinski definition) is 3. The highest BCUT2D eigenvalue weighted by atomic mass is 79.9. The molecule has 4 nitrogen and oxygen atoms in total. The van der Waals surface area contributed by atoms with Gasteiger partial charge in [-0.15, -0.1) is 0 Å². The molecule has 0 aromatic heterocycles. The average Bonchev–Trinajstić information content (AvgIpc) is 2.46. The molecule has 0 saturated carbocycles. The van der Waals surface area contributed by atoms with Crippen molar-refractivity contribution in [3.05, 3.63) is 58.1 Å². The molecule has 20 heavy (non-hydrogen) atoms. The monoisotopic (exact) mass is 334 g/mol. The topological polar surface area (TPSA) is 68.3 Å². The summed E-state index contributed by atoms with van der Waals surface area (Å²) in [7, 11) is 1.57. The van der Waals surface area contributed by atoms with Crippen molar-refractivity contribution in [3.8, 4) is 11.5 Å². The first-order chi connectivity index (χ1) is 9.58. The van der Waals surface area contributed by atoms with Crippen LogP contribution in [0.4, 0.5) is 0 Å². The lowest BCUT2D eigenvalue weighted by atomic mass is 10.2. The second kappa shape index (κ2) is 6.43. The van der Waals surface area contributed by atoms with Crippen LogP contribution in [0.1, 0.15) is 11.1 Å². The van der Waals surface area contributed by atoms with E-state index in [4.69, 9.17) is 20.6 Å². The maximum Gasteiger partial charge on any atom is 0.124 e. The minimum Gasteiger partial charge on any atom is -0.497 e. The second-order valence-corrected chi connectivity index (χ2v) is 5.14. The van der Waals surface area contributed by atoms with Gasteiger partial charge in [-0.25, -0.2) is 0 Å². The molecular weight excluding hydrogens is 320 g/mol. The van der Waals surface area contributed by atoms with Crippen molar-refractivity contribution in [1.29, 1.82) is 5.41 Å². The van der Waals surface area contributed by atoms with Gasteiger partial charge in [-0.2, -0.15) is 0 Å². The number of benzene rings is 2. The zero-order valence-corrected chi connectivity index (χ0v) is 12.6. The summed E-state index contributed by atoms with van der Waals surface area (Å²) in [6.07, 6.45) is 0. The molecule has 3 N–H and O–H groups in total. The molecule has 0 fully saturated rings. The lowest BCUT2D eigenvalue weighted by molar-refractivity contribution is 0.303. The predicted octanol–water partition coefficient (Wildman–Crippen LogP) is 3.32. The first-order valence-electron chi connectivity index (χ1n) is 5.99. The lowest BCUT2D eigenvalue weighted by Crippen LogP contribution is -2.11. The fraction of sp³-hybridized carbons (Fsp3) is 0.133. The van der Waals surface area contributed by atoms with Crippen LogP contribution in [0.5, 0.6) is 11.5 Å². The number of nitrogens with two attached hydrogens (primary N) is 1. The van der Waals surface area contributed by atoms with Crippen molar-refractivity contribution in [1.82, 2.24) is 0 Å². The fourth-order valence-electron chi connectivity index (χ4n) is 1.68. The quantitative estimate of drug-likeness (QED) is 0.651. The van der Waals surface area contributed by atoms with E-state index in [-0.39, 0.29) is 5.84 Å². The molecule has 0 atom stereocenters. The molecule has 0 bridgehead atoms. The highest BCUT2D eigenvalue weighted by Gasteiger charge is 2.05. The van der Waals surface area contributed by atoms with E-state index < -0.39 is 0 Å². The molecule has 0 aliphatic carbocycles. The van der Waals surface area contributed by atoms with Crippen LogP contribution in [0.2, 0.25) is 0 Å². The number of amidine groups is 1. The third kappa shape index (κ3) is 3.74. The van der Waals surface area contributed by atoms with Crippen molar-refractivity contribution < 1.29 is 9.47 Å². The molecule has 2 aromatic carbocycles. The van der Waals surface area contributed by atoms with Gasteiger partial charge in [-0.05, 0) is 29.8 Å². The van der Waals surface area contributed by atoms with Gasteiger partial charge < -0.3 is 15.2 Å². The highest BCUT2D eigenvalue weighted by Crippen LogP contribution is 2.23. The van der Waals surface area contributed by atoms with E-state index in [0.29, 0.717) is 23.7 Å². The summed E-state index contributed by atoms with van der Waals surface area (Å²) in [5.74, 6) is 1.22. The molecule has 2 rings (SSSR count). The summed E-state index contributed by atoms with van der Waals surface area (Å²) in [6.45, 7) is 0.442. The van der Waals surface area contributed by atoms with Crippen molar-refractivity contribution in [2.45, 2.75) is 6.61 Å². The van der Waals surface area contributed by atoms with Crippen molar-refractivity contribution in [2.24, 2.45) is 5.73 Å². The molecule has 0 heterocycles. The fourth-order valence-corrected chi connectivity index (χ4v) is 1.94. The molecule has 5 heteroatoms. The maximum absolute atomic E-state index is 7.49. The highest BCUT2D eigenvalue weighted by molar-refractivity contribution is 9.10. The van der Waals surface area contributed by atoms with Crippen molar-refractivity contribution >= 4 is 21.8 Å².